The summed E-state index contributed by atoms with van der Waals surface area (Å²) in [4.78, 5) is 2.70. The monoisotopic (exact) mass is 259 g/mol. The van der Waals surface area contributed by atoms with Gasteiger partial charge in [0.05, 0.1) is 0 Å². The Morgan fingerprint density at radius 2 is 1.95 bits per heavy atom. The van der Waals surface area contributed by atoms with Crippen molar-refractivity contribution in [3.63, 3.8) is 0 Å². The Bertz CT molecular complexity index is 429. The van der Waals surface area contributed by atoms with E-state index in [0.29, 0.717) is 11.8 Å². The van der Waals surface area contributed by atoms with Gasteiger partial charge in [0.15, 0.2) is 0 Å². The first kappa shape index (κ1) is 13.0. The van der Waals surface area contributed by atoms with Gasteiger partial charge in [-0.1, -0.05) is 25.0 Å². The van der Waals surface area contributed by atoms with Gasteiger partial charge in [-0.05, 0) is 62.8 Å². The third-order valence-corrected chi connectivity index (χ3v) is 5.14. The van der Waals surface area contributed by atoms with Crippen LogP contribution in [0.4, 0.5) is 0 Å². The van der Waals surface area contributed by atoms with Gasteiger partial charge in [-0.25, -0.2) is 0 Å². The van der Waals surface area contributed by atoms with E-state index in [1.165, 1.54) is 50.6 Å². The summed E-state index contributed by atoms with van der Waals surface area (Å²) in [5, 5.41) is 9.67. The molecule has 1 heterocycles. The van der Waals surface area contributed by atoms with Gasteiger partial charge < -0.3 is 5.11 Å². The highest BCUT2D eigenvalue weighted by atomic mass is 16.3. The second-order valence-electron chi connectivity index (χ2n) is 6.26. The minimum absolute atomic E-state index is 0.390. The van der Waals surface area contributed by atoms with Gasteiger partial charge in [0, 0.05) is 12.1 Å². The molecule has 0 aromatic heterocycles. The smallest absolute Gasteiger partial charge is 0.115 e. The molecule has 1 N–H and O–H groups in total. The Hall–Kier alpha value is -1.02. The Labute approximate surface area is 116 Å². The van der Waals surface area contributed by atoms with Crippen LogP contribution in [0.5, 0.6) is 5.75 Å². The van der Waals surface area contributed by atoms with E-state index in [-0.39, 0.29) is 0 Å². The summed E-state index contributed by atoms with van der Waals surface area (Å²) < 4.78 is 0. The average Bonchev–Trinajstić information content (AvgIpc) is 2.46. The average molecular weight is 259 g/mol. The lowest BCUT2D eigenvalue weighted by Crippen LogP contribution is -2.47. The number of phenols is 1. The lowest BCUT2D eigenvalue weighted by atomic mass is 9.77. The van der Waals surface area contributed by atoms with Crippen molar-refractivity contribution >= 4 is 0 Å². The number of nitrogens with zero attached hydrogens (tertiary/aromatic N) is 1. The van der Waals surface area contributed by atoms with E-state index in [1.807, 2.05) is 12.1 Å². The molecule has 19 heavy (non-hydrogen) atoms. The van der Waals surface area contributed by atoms with Crippen LogP contribution >= 0.6 is 0 Å². The zero-order valence-electron chi connectivity index (χ0n) is 11.9. The van der Waals surface area contributed by atoms with E-state index in [4.69, 9.17) is 0 Å². The third kappa shape index (κ3) is 2.64. The number of hydrogen-bond acceptors (Lipinski definition) is 2. The predicted octanol–water partition coefficient (Wildman–Crippen LogP) is 4.11. The van der Waals surface area contributed by atoms with E-state index in [9.17, 15) is 5.11 Å². The highest BCUT2D eigenvalue weighted by molar-refractivity contribution is 5.29. The van der Waals surface area contributed by atoms with Crippen molar-refractivity contribution in [2.45, 2.75) is 57.5 Å². The molecule has 1 aliphatic heterocycles. The highest BCUT2D eigenvalue weighted by Gasteiger charge is 2.35. The maximum atomic E-state index is 9.67. The first-order valence-electron chi connectivity index (χ1n) is 7.80. The predicted molar refractivity (Wildman–Crippen MR) is 78.2 cm³/mol. The fourth-order valence-corrected chi connectivity index (χ4v) is 4.12. The molecule has 3 rings (SSSR count). The quantitative estimate of drug-likeness (QED) is 0.864. The van der Waals surface area contributed by atoms with E-state index in [0.717, 1.165) is 12.0 Å². The van der Waals surface area contributed by atoms with E-state index in [2.05, 4.69) is 17.9 Å². The van der Waals surface area contributed by atoms with Crippen molar-refractivity contribution in [2.24, 2.45) is 5.92 Å². The van der Waals surface area contributed by atoms with E-state index < -0.39 is 0 Å². The lowest BCUT2D eigenvalue weighted by Gasteiger charge is -2.47. The molecule has 2 nitrogen and oxygen atoms in total. The van der Waals surface area contributed by atoms with Crippen LogP contribution in [0.15, 0.2) is 24.3 Å². The number of phenolic OH excluding ortho intramolecular Hbond substituents is 1. The lowest BCUT2D eigenvalue weighted by molar-refractivity contribution is 0.0308. The summed E-state index contributed by atoms with van der Waals surface area (Å²) in [6.45, 7) is 3.52. The van der Waals surface area contributed by atoms with Crippen LogP contribution in [0, 0.1) is 5.92 Å². The Balaban J connectivity index is 1.79. The molecule has 1 aromatic rings. The fourth-order valence-electron chi connectivity index (χ4n) is 4.12. The second kappa shape index (κ2) is 5.54. The molecule has 1 aliphatic carbocycles. The van der Waals surface area contributed by atoms with Crippen LogP contribution in [0.1, 0.15) is 57.1 Å². The van der Waals surface area contributed by atoms with Gasteiger partial charge in [-0.3, -0.25) is 4.90 Å². The number of piperidine rings is 1. The zero-order valence-corrected chi connectivity index (χ0v) is 11.9. The highest BCUT2D eigenvalue weighted by Crippen LogP contribution is 2.39. The third-order valence-electron chi connectivity index (χ3n) is 5.14. The van der Waals surface area contributed by atoms with Crippen molar-refractivity contribution in [3.8, 4) is 5.75 Å². The molecule has 2 fully saturated rings. The molecule has 0 amide bonds. The maximum absolute atomic E-state index is 9.67. The van der Waals surface area contributed by atoms with Crippen LogP contribution in [0.25, 0.3) is 0 Å². The minimum Gasteiger partial charge on any atom is -0.508 e. The molecule has 1 saturated heterocycles. The second-order valence-corrected chi connectivity index (χ2v) is 6.26. The molecule has 1 aromatic carbocycles. The minimum atomic E-state index is 0.390. The molecule has 1 unspecified atom stereocenters. The molecule has 3 atom stereocenters. The number of benzene rings is 1. The van der Waals surface area contributed by atoms with E-state index in [1.54, 1.807) is 6.07 Å². The fraction of sp³-hybridized carbons (Fsp3) is 0.647. The Morgan fingerprint density at radius 3 is 2.79 bits per heavy atom. The van der Waals surface area contributed by atoms with Crippen molar-refractivity contribution in [2.75, 3.05) is 6.54 Å². The van der Waals surface area contributed by atoms with Gasteiger partial charge in [0.25, 0.3) is 0 Å². The van der Waals surface area contributed by atoms with Crippen LogP contribution in [0.3, 0.4) is 0 Å². The van der Waals surface area contributed by atoms with Gasteiger partial charge >= 0.3 is 0 Å². The molecule has 1 saturated carbocycles. The zero-order chi connectivity index (χ0) is 13.2. The summed E-state index contributed by atoms with van der Waals surface area (Å²) in [6, 6.07) is 9.01. The molecular formula is C17H25NO. The first-order chi connectivity index (χ1) is 9.25. The number of fused-ring (bicyclic) bond motifs is 1. The van der Waals surface area contributed by atoms with Crippen molar-refractivity contribution in [1.29, 1.82) is 0 Å². The SMILES string of the molecule is CC(c1cccc(O)c1)N1CCC[C@H]2CCCC[C@H]21. The summed E-state index contributed by atoms with van der Waals surface area (Å²) >= 11 is 0. The van der Waals surface area contributed by atoms with Gasteiger partial charge in [0.2, 0.25) is 0 Å². The summed E-state index contributed by atoms with van der Waals surface area (Å²) in [5.41, 5.74) is 1.26. The standard InChI is InChI=1S/C17H25NO/c1-13(15-7-4-9-16(19)12-15)18-11-5-8-14-6-2-3-10-17(14)18/h4,7,9,12-14,17,19H,2-3,5-6,8,10-11H2,1H3/t13?,14-,17-/m1/s1. The molecule has 2 aliphatic rings. The van der Waals surface area contributed by atoms with Crippen molar-refractivity contribution in [1.82, 2.24) is 4.90 Å². The number of aromatic hydroxyl groups is 1. The molecule has 104 valence electrons. The summed E-state index contributed by atoms with van der Waals surface area (Å²) in [6.07, 6.45) is 8.37. The number of likely N-dealkylation sites (tertiary alicyclic amines) is 1. The molecule has 0 radical (unpaired) electrons. The van der Waals surface area contributed by atoms with Crippen LogP contribution in [-0.2, 0) is 0 Å². The Kier molecular flexibility index (Phi) is 3.79. The largest absolute Gasteiger partial charge is 0.508 e. The van der Waals surface area contributed by atoms with Crippen LogP contribution in [-0.4, -0.2) is 22.6 Å². The molecule has 0 bridgehead atoms. The van der Waals surface area contributed by atoms with Crippen molar-refractivity contribution in [3.05, 3.63) is 29.8 Å². The first-order valence-corrected chi connectivity index (χ1v) is 7.80. The van der Waals surface area contributed by atoms with Gasteiger partial charge in [-0.2, -0.15) is 0 Å². The van der Waals surface area contributed by atoms with Crippen molar-refractivity contribution < 1.29 is 5.11 Å². The topological polar surface area (TPSA) is 23.5 Å². The maximum Gasteiger partial charge on any atom is 0.115 e. The normalized spacial score (nSPS) is 29.7. The number of rotatable bonds is 2. The van der Waals surface area contributed by atoms with Gasteiger partial charge in [0.1, 0.15) is 5.75 Å². The van der Waals surface area contributed by atoms with Crippen LogP contribution < -0.4 is 0 Å². The molecular weight excluding hydrogens is 234 g/mol. The Morgan fingerprint density at radius 1 is 1.16 bits per heavy atom. The molecule has 0 spiro atoms. The molecule has 2 heteroatoms. The van der Waals surface area contributed by atoms with Gasteiger partial charge in [-0.15, -0.1) is 0 Å². The van der Waals surface area contributed by atoms with E-state index >= 15 is 0 Å². The van der Waals surface area contributed by atoms with Crippen LogP contribution in [0.2, 0.25) is 0 Å². The summed E-state index contributed by atoms with van der Waals surface area (Å²) in [5.74, 6) is 1.31. The number of hydrogen-bond donors (Lipinski definition) is 1. The summed E-state index contributed by atoms with van der Waals surface area (Å²) in [7, 11) is 0.